The monoisotopic (exact) mass is 370 g/mol. The molecule has 0 aliphatic heterocycles. The van der Waals surface area contributed by atoms with Gasteiger partial charge in [0.25, 0.3) is 5.91 Å². The van der Waals surface area contributed by atoms with E-state index in [1.807, 2.05) is 0 Å². The van der Waals surface area contributed by atoms with Gasteiger partial charge in [0.2, 0.25) is 5.91 Å². The van der Waals surface area contributed by atoms with Gasteiger partial charge in [-0.2, -0.15) is 0 Å². The Bertz CT molecular complexity index is 399. The average molecular weight is 371 g/mol. The van der Waals surface area contributed by atoms with E-state index in [0.717, 1.165) is 12.8 Å². The lowest BCUT2D eigenvalue weighted by Crippen LogP contribution is -2.40. The zero-order valence-electron chi connectivity index (χ0n) is 16.5. The summed E-state index contributed by atoms with van der Waals surface area (Å²) in [6.45, 7) is 1.77. The third-order valence-corrected chi connectivity index (χ3v) is 4.47. The van der Waals surface area contributed by atoms with Gasteiger partial charge in [-0.05, 0) is 6.42 Å². The zero-order chi connectivity index (χ0) is 19.6. The second kappa shape index (κ2) is 17.0. The van der Waals surface area contributed by atoms with Crippen molar-refractivity contribution in [3.8, 4) is 0 Å². The van der Waals surface area contributed by atoms with Gasteiger partial charge >= 0.3 is 0 Å². The van der Waals surface area contributed by atoms with Gasteiger partial charge in [-0.3, -0.25) is 14.4 Å². The van der Waals surface area contributed by atoms with Crippen LogP contribution in [0, 0.1) is 0 Å². The second-order valence-corrected chi connectivity index (χ2v) is 7.02. The van der Waals surface area contributed by atoms with E-state index in [9.17, 15) is 14.4 Å². The number of primary amides is 2. The predicted octanol–water partition coefficient (Wildman–Crippen LogP) is 3.39. The third-order valence-electron chi connectivity index (χ3n) is 4.47. The van der Waals surface area contributed by atoms with Crippen molar-refractivity contribution in [3.05, 3.63) is 0 Å². The smallest absolute Gasteiger partial charge is 0.254 e. The van der Waals surface area contributed by atoms with Crippen LogP contribution in [0.15, 0.2) is 0 Å². The summed E-state index contributed by atoms with van der Waals surface area (Å²) in [6.07, 6.45) is 14.8. The topological polar surface area (TPSA) is 112 Å². The fourth-order valence-electron chi connectivity index (χ4n) is 2.95. The maximum atomic E-state index is 11.9. The molecule has 152 valence electrons. The molecule has 0 saturated heterocycles. The number of ketones is 1. The molecule has 2 amide bonds. The molecular weight excluding hydrogens is 332 g/mol. The van der Waals surface area contributed by atoms with Crippen LogP contribution in [0.4, 0.5) is 0 Å². The van der Waals surface area contributed by atoms with Crippen LogP contribution in [0.1, 0.15) is 96.8 Å². The summed E-state index contributed by atoms with van der Waals surface area (Å²) in [7, 11) is 0. The summed E-state index contributed by atoms with van der Waals surface area (Å²) >= 11 is 0. The Balaban J connectivity index is 3.54. The lowest BCUT2D eigenvalue weighted by Gasteiger charge is -2.12. The largest absolute Gasteiger partial charge is 0.368 e. The van der Waals surface area contributed by atoms with E-state index in [2.05, 4.69) is 6.92 Å². The van der Waals surface area contributed by atoms with Crippen LogP contribution in [0.5, 0.6) is 0 Å². The highest BCUT2D eigenvalue weighted by atomic mass is 16.5. The fourth-order valence-corrected chi connectivity index (χ4v) is 2.95. The molecule has 26 heavy (non-hydrogen) atoms. The first-order valence-electron chi connectivity index (χ1n) is 10.2. The minimum atomic E-state index is -1.36. The molecule has 6 heteroatoms. The van der Waals surface area contributed by atoms with Gasteiger partial charge in [0.1, 0.15) is 6.61 Å². The highest BCUT2D eigenvalue weighted by Crippen LogP contribution is 2.13. The van der Waals surface area contributed by atoms with E-state index < -0.39 is 24.5 Å². The van der Waals surface area contributed by atoms with Crippen LogP contribution < -0.4 is 11.5 Å². The Morgan fingerprint density at radius 1 is 0.731 bits per heavy atom. The molecule has 0 aliphatic rings. The molecule has 0 heterocycles. The molecule has 0 aromatic heterocycles. The Morgan fingerprint density at radius 2 is 1.15 bits per heavy atom. The van der Waals surface area contributed by atoms with Gasteiger partial charge in [0.15, 0.2) is 11.9 Å². The first-order valence-corrected chi connectivity index (χ1v) is 10.2. The van der Waals surface area contributed by atoms with Gasteiger partial charge in [-0.1, -0.05) is 84.0 Å². The van der Waals surface area contributed by atoms with Crippen molar-refractivity contribution in [2.24, 2.45) is 11.5 Å². The van der Waals surface area contributed by atoms with E-state index in [1.165, 1.54) is 64.2 Å². The van der Waals surface area contributed by atoms with Crippen LogP contribution in [0.25, 0.3) is 0 Å². The maximum absolute atomic E-state index is 11.9. The molecule has 6 nitrogen and oxygen atoms in total. The Hall–Kier alpha value is -1.43. The Labute approximate surface area is 158 Å². The number of hydrogen-bond acceptors (Lipinski definition) is 4. The standard InChI is InChI=1S/C20H38N2O4/c1-2-3-4-5-6-7-8-9-10-11-12-13-14-15-17(23)19(20(22)25)26-16-18(21)24/h19H,2-16H2,1H3,(H2,21,24)(H2,22,25). The number of ether oxygens (including phenoxy) is 1. The number of unbranched alkanes of at least 4 members (excludes halogenated alkanes) is 12. The molecule has 1 unspecified atom stereocenters. The fraction of sp³-hybridized carbons (Fsp3) is 0.850. The molecule has 0 spiro atoms. The highest BCUT2D eigenvalue weighted by Gasteiger charge is 2.24. The minimum Gasteiger partial charge on any atom is -0.368 e. The summed E-state index contributed by atoms with van der Waals surface area (Å²) in [4.78, 5) is 33.8. The normalized spacial score (nSPS) is 12.0. The van der Waals surface area contributed by atoms with Gasteiger partial charge in [0, 0.05) is 6.42 Å². The van der Waals surface area contributed by atoms with Crippen molar-refractivity contribution < 1.29 is 19.1 Å². The van der Waals surface area contributed by atoms with Gasteiger partial charge in [0.05, 0.1) is 0 Å². The summed E-state index contributed by atoms with van der Waals surface area (Å²) in [5, 5.41) is 0. The maximum Gasteiger partial charge on any atom is 0.254 e. The summed E-state index contributed by atoms with van der Waals surface area (Å²) in [5.41, 5.74) is 10.1. The molecule has 4 N–H and O–H groups in total. The van der Waals surface area contributed by atoms with Crippen LogP contribution in [0.2, 0.25) is 0 Å². The number of amides is 2. The number of nitrogens with two attached hydrogens (primary N) is 2. The summed E-state index contributed by atoms with van der Waals surface area (Å²) in [5.74, 6) is -1.97. The van der Waals surface area contributed by atoms with Crippen LogP contribution in [-0.2, 0) is 19.1 Å². The lowest BCUT2D eigenvalue weighted by atomic mass is 10.0. The van der Waals surface area contributed by atoms with E-state index in [-0.39, 0.29) is 12.2 Å². The molecular formula is C20H38N2O4. The van der Waals surface area contributed by atoms with Crippen molar-refractivity contribution in [1.29, 1.82) is 0 Å². The summed E-state index contributed by atoms with van der Waals surface area (Å²) < 4.78 is 4.89. The molecule has 0 bridgehead atoms. The van der Waals surface area contributed by atoms with Crippen LogP contribution in [-0.4, -0.2) is 30.3 Å². The van der Waals surface area contributed by atoms with Crippen molar-refractivity contribution in [3.63, 3.8) is 0 Å². The Kier molecular flexibility index (Phi) is 16.1. The SMILES string of the molecule is CCCCCCCCCCCCCCCC(=O)C(OCC(N)=O)C(N)=O. The number of rotatable bonds is 19. The first kappa shape index (κ1) is 24.6. The highest BCUT2D eigenvalue weighted by molar-refractivity contribution is 6.03. The number of hydrogen-bond donors (Lipinski definition) is 2. The van der Waals surface area contributed by atoms with Crippen LogP contribution >= 0.6 is 0 Å². The van der Waals surface area contributed by atoms with E-state index in [0.29, 0.717) is 6.42 Å². The third kappa shape index (κ3) is 14.9. The number of carbonyl (C=O) groups excluding carboxylic acids is 3. The van der Waals surface area contributed by atoms with Crippen molar-refractivity contribution in [2.75, 3.05) is 6.61 Å². The molecule has 0 fully saturated rings. The quantitative estimate of drug-likeness (QED) is 0.268. The van der Waals surface area contributed by atoms with Gasteiger partial charge in [-0.25, -0.2) is 0 Å². The van der Waals surface area contributed by atoms with E-state index >= 15 is 0 Å². The lowest BCUT2D eigenvalue weighted by molar-refractivity contribution is -0.144. The minimum absolute atomic E-state index is 0.240. The Morgan fingerprint density at radius 3 is 1.54 bits per heavy atom. The molecule has 0 aromatic rings. The van der Waals surface area contributed by atoms with Crippen molar-refractivity contribution in [1.82, 2.24) is 0 Å². The molecule has 1 atom stereocenters. The van der Waals surface area contributed by atoms with E-state index in [4.69, 9.17) is 16.2 Å². The number of Topliss-reactive ketones (excluding diaryl/α,β-unsaturated/α-hetero) is 1. The molecule has 0 saturated carbocycles. The predicted molar refractivity (Wildman–Crippen MR) is 103 cm³/mol. The van der Waals surface area contributed by atoms with Gasteiger partial charge in [-0.15, -0.1) is 0 Å². The second-order valence-electron chi connectivity index (χ2n) is 7.02. The zero-order valence-corrected chi connectivity index (χ0v) is 16.5. The molecule has 0 rings (SSSR count). The van der Waals surface area contributed by atoms with Crippen molar-refractivity contribution in [2.45, 2.75) is 103 Å². The molecule has 0 aromatic carbocycles. The van der Waals surface area contributed by atoms with Gasteiger partial charge < -0.3 is 16.2 Å². The average Bonchev–Trinajstić information content (AvgIpc) is 2.58. The van der Waals surface area contributed by atoms with E-state index in [1.54, 1.807) is 0 Å². The summed E-state index contributed by atoms with van der Waals surface area (Å²) in [6, 6.07) is 0. The molecule has 0 radical (unpaired) electrons. The van der Waals surface area contributed by atoms with Crippen molar-refractivity contribution >= 4 is 17.6 Å². The molecule has 0 aliphatic carbocycles. The first-order chi connectivity index (χ1) is 12.5. The number of carbonyl (C=O) groups is 3. The van der Waals surface area contributed by atoms with Crippen LogP contribution in [0.3, 0.4) is 0 Å².